The minimum atomic E-state index is 0.225. The number of nitrogens with one attached hydrogen (secondary N) is 1. The van der Waals surface area contributed by atoms with Crippen LogP contribution in [-0.4, -0.2) is 32.5 Å². The Balaban J connectivity index is 1.45. The van der Waals surface area contributed by atoms with Gasteiger partial charge in [-0.25, -0.2) is 0 Å². The minimum Gasteiger partial charge on any atom is -0.492 e. The predicted molar refractivity (Wildman–Crippen MR) is 96.1 cm³/mol. The number of ether oxygens (including phenoxy) is 3. The first kappa shape index (κ1) is 16.7. The molecule has 1 saturated heterocycles. The second-order valence-corrected chi connectivity index (χ2v) is 6.03. The summed E-state index contributed by atoms with van der Waals surface area (Å²) < 4.78 is 17.3. The second-order valence-electron chi connectivity index (χ2n) is 6.03. The third-order valence-corrected chi connectivity index (χ3v) is 4.04. The maximum absolute atomic E-state index is 5.92. The Labute approximate surface area is 143 Å². The molecule has 2 aromatic rings. The lowest BCUT2D eigenvalue weighted by molar-refractivity contribution is 0.0682. The van der Waals surface area contributed by atoms with E-state index in [4.69, 9.17) is 14.2 Å². The van der Waals surface area contributed by atoms with E-state index in [9.17, 15) is 0 Å². The largest absolute Gasteiger partial charge is 0.492 e. The lowest BCUT2D eigenvalue weighted by atomic mass is 10.2. The van der Waals surface area contributed by atoms with Crippen LogP contribution in [0.2, 0.25) is 0 Å². The van der Waals surface area contributed by atoms with Crippen molar-refractivity contribution in [1.82, 2.24) is 0 Å². The molecule has 128 valence electrons. The van der Waals surface area contributed by atoms with Crippen molar-refractivity contribution in [2.75, 3.05) is 31.7 Å². The van der Waals surface area contributed by atoms with Crippen molar-refractivity contribution in [3.05, 3.63) is 54.1 Å². The van der Waals surface area contributed by atoms with Gasteiger partial charge in [-0.05, 0) is 44.0 Å². The van der Waals surface area contributed by atoms with E-state index in [0.717, 1.165) is 36.6 Å². The summed E-state index contributed by atoms with van der Waals surface area (Å²) in [5.41, 5.74) is 2.22. The molecule has 1 heterocycles. The van der Waals surface area contributed by atoms with Crippen LogP contribution in [-0.2, 0) is 4.74 Å². The summed E-state index contributed by atoms with van der Waals surface area (Å²) in [5.74, 6) is 1.76. The zero-order valence-electron chi connectivity index (χ0n) is 14.2. The molecule has 1 aliphatic rings. The van der Waals surface area contributed by atoms with Crippen molar-refractivity contribution in [3.8, 4) is 11.5 Å². The van der Waals surface area contributed by atoms with Crippen molar-refractivity contribution in [2.45, 2.75) is 25.9 Å². The van der Waals surface area contributed by atoms with Gasteiger partial charge in [0.05, 0.1) is 11.8 Å². The molecule has 1 unspecified atom stereocenters. The highest BCUT2D eigenvalue weighted by atomic mass is 16.5. The SMILES string of the molecule is Cc1ccc(OCCNc2ccccc2OCC2CCCO2)cc1. The fourth-order valence-corrected chi connectivity index (χ4v) is 2.69. The molecular weight excluding hydrogens is 302 g/mol. The first-order valence-corrected chi connectivity index (χ1v) is 8.58. The van der Waals surface area contributed by atoms with E-state index in [1.165, 1.54) is 5.56 Å². The second kappa shape index (κ2) is 8.60. The number of anilines is 1. The van der Waals surface area contributed by atoms with E-state index in [2.05, 4.69) is 24.4 Å². The van der Waals surface area contributed by atoms with Crippen molar-refractivity contribution >= 4 is 5.69 Å². The number of hydrogen-bond acceptors (Lipinski definition) is 4. The van der Waals surface area contributed by atoms with Crippen LogP contribution in [0.4, 0.5) is 5.69 Å². The number of hydrogen-bond donors (Lipinski definition) is 1. The zero-order chi connectivity index (χ0) is 16.6. The normalized spacial score (nSPS) is 16.8. The summed E-state index contributed by atoms with van der Waals surface area (Å²) in [6.07, 6.45) is 2.44. The Hall–Kier alpha value is -2.20. The van der Waals surface area contributed by atoms with Crippen LogP contribution < -0.4 is 14.8 Å². The van der Waals surface area contributed by atoms with Crippen molar-refractivity contribution in [2.24, 2.45) is 0 Å². The van der Waals surface area contributed by atoms with Crippen LogP contribution in [0.25, 0.3) is 0 Å². The van der Waals surface area contributed by atoms with Crippen LogP contribution in [0.3, 0.4) is 0 Å². The van der Waals surface area contributed by atoms with Crippen LogP contribution in [0.15, 0.2) is 48.5 Å². The highest BCUT2D eigenvalue weighted by Crippen LogP contribution is 2.25. The Morgan fingerprint density at radius 2 is 1.92 bits per heavy atom. The van der Waals surface area contributed by atoms with Crippen molar-refractivity contribution in [3.63, 3.8) is 0 Å². The van der Waals surface area contributed by atoms with Crippen molar-refractivity contribution < 1.29 is 14.2 Å². The van der Waals surface area contributed by atoms with Gasteiger partial charge in [0.15, 0.2) is 0 Å². The van der Waals surface area contributed by atoms with Crippen LogP contribution in [0.5, 0.6) is 11.5 Å². The summed E-state index contributed by atoms with van der Waals surface area (Å²) >= 11 is 0. The molecule has 0 aliphatic carbocycles. The molecule has 1 aliphatic heterocycles. The van der Waals surface area contributed by atoms with E-state index in [-0.39, 0.29) is 6.10 Å². The summed E-state index contributed by atoms with van der Waals surface area (Å²) in [7, 11) is 0. The molecule has 4 nitrogen and oxygen atoms in total. The molecule has 1 fully saturated rings. The highest BCUT2D eigenvalue weighted by Gasteiger charge is 2.16. The third-order valence-electron chi connectivity index (χ3n) is 4.04. The van der Waals surface area contributed by atoms with Gasteiger partial charge in [-0.15, -0.1) is 0 Å². The van der Waals surface area contributed by atoms with Gasteiger partial charge in [0.1, 0.15) is 24.7 Å². The molecular formula is C20H25NO3. The Kier molecular flexibility index (Phi) is 5.96. The molecule has 3 rings (SSSR count). The fourth-order valence-electron chi connectivity index (χ4n) is 2.69. The van der Waals surface area contributed by atoms with E-state index >= 15 is 0 Å². The molecule has 1 atom stereocenters. The maximum Gasteiger partial charge on any atom is 0.142 e. The molecule has 0 bridgehead atoms. The quantitative estimate of drug-likeness (QED) is 0.743. The molecule has 2 aromatic carbocycles. The third kappa shape index (κ3) is 4.90. The fraction of sp³-hybridized carbons (Fsp3) is 0.400. The van der Waals surface area contributed by atoms with Gasteiger partial charge >= 0.3 is 0 Å². The summed E-state index contributed by atoms with van der Waals surface area (Å²) in [6, 6.07) is 16.1. The average molecular weight is 327 g/mol. The molecule has 0 amide bonds. The van der Waals surface area contributed by atoms with Gasteiger partial charge in [0, 0.05) is 13.2 Å². The molecule has 4 heteroatoms. The number of benzene rings is 2. The molecule has 0 spiro atoms. The minimum absolute atomic E-state index is 0.225. The molecule has 1 N–H and O–H groups in total. The average Bonchev–Trinajstić information content (AvgIpc) is 3.13. The first-order chi connectivity index (χ1) is 11.8. The predicted octanol–water partition coefficient (Wildman–Crippen LogP) is 4.04. The Morgan fingerprint density at radius 1 is 1.08 bits per heavy atom. The topological polar surface area (TPSA) is 39.7 Å². The summed E-state index contributed by atoms with van der Waals surface area (Å²) in [4.78, 5) is 0. The summed E-state index contributed by atoms with van der Waals surface area (Å²) in [6.45, 7) is 4.85. The molecule has 0 aromatic heterocycles. The maximum atomic E-state index is 5.92. The van der Waals surface area contributed by atoms with Gasteiger partial charge < -0.3 is 19.5 Å². The van der Waals surface area contributed by atoms with Crippen LogP contribution in [0, 0.1) is 6.92 Å². The van der Waals surface area contributed by atoms with E-state index < -0.39 is 0 Å². The van der Waals surface area contributed by atoms with Crippen LogP contribution in [0.1, 0.15) is 18.4 Å². The Morgan fingerprint density at radius 3 is 2.71 bits per heavy atom. The van der Waals surface area contributed by atoms with E-state index in [0.29, 0.717) is 19.8 Å². The summed E-state index contributed by atoms with van der Waals surface area (Å²) in [5, 5.41) is 3.38. The van der Waals surface area contributed by atoms with Gasteiger partial charge in [0.2, 0.25) is 0 Å². The van der Waals surface area contributed by atoms with E-state index in [1.54, 1.807) is 0 Å². The highest BCUT2D eigenvalue weighted by molar-refractivity contribution is 5.56. The van der Waals surface area contributed by atoms with Crippen LogP contribution >= 0.6 is 0 Å². The van der Waals surface area contributed by atoms with Crippen molar-refractivity contribution in [1.29, 1.82) is 0 Å². The lowest BCUT2D eigenvalue weighted by Gasteiger charge is -2.16. The number of aryl methyl sites for hydroxylation is 1. The van der Waals surface area contributed by atoms with Gasteiger partial charge in [-0.1, -0.05) is 29.8 Å². The molecule has 0 radical (unpaired) electrons. The van der Waals surface area contributed by atoms with E-state index in [1.807, 2.05) is 36.4 Å². The molecule has 0 saturated carbocycles. The zero-order valence-corrected chi connectivity index (χ0v) is 14.2. The Bertz CT molecular complexity index is 621. The van der Waals surface area contributed by atoms with Gasteiger partial charge in [-0.2, -0.15) is 0 Å². The first-order valence-electron chi connectivity index (χ1n) is 8.58. The van der Waals surface area contributed by atoms with Gasteiger partial charge in [-0.3, -0.25) is 0 Å². The smallest absolute Gasteiger partial charge is 0.142 e. The standard InChI is InChI=1S/C20H25NO3/c1-16-8-10-17(11-9-16)23-14-12-21-19-6-2-3-7-20(19)24-15-18-5-4-13-22-18/h2-3,6-11,18,21H,4-5,12-15H2,1H3. The lowest BCUT2D eigenvalue weighted by Crippen LogP contribution is -2.17. The molecule has 24 heavy (non-hydrogen) atoms. The monoisotopic (exact) mass is 327 g/mol. The number of para-hydroxylation sites is 2. The van der Waals surface area contributed by atoms with Gasteiger partial charge in [0.25, 0.3) is 0 Å². The number of rotatable bonds is 8.